The molecule has 1 amide bonds. The molecular weight excluding hydrogens is 453 g/mol. The van der Waals surface area contributed by atoms with Gasteiger partial charge in [-0.05, 0) is 17.7 Å². The highest BCUT2D eigenvalue weighted by Gasteiger charge is 2.35. The average Bonchev–Trinajstić information content (AvgIpc) is 3.35. The van der Waals surface area contributed by atoms with Crippen LogP contribution in [-0.4, -0.2) is 71.0 Å². The van der Waals surface area contributed by atoms with Gasteiger partial charge in [-0.25, -0.2) is 23.2 Å². The second-order valence-electron chi connectivity index (χ2n) is 7.74. The highest BCUT2D eigenvalue weighted by Crippen LogP contribution is 2.37. The Morgan fingerprint density at radius 3 is 2.82 bits per heavy atom. The van der Waals surface area contributed by atoms with E-state index in [-0.39, 0.29) is 54.1 Å². The number of methoxy groups -OCH3 is 1. The van der Waals surface area contributed by atoms with Gasteiger partial charge in [0.15, 0.2) is 5.82 Å². The molecule has 3 aromatic rings. The number of fused-ring (bicyclic) bond motifs is 1. The number of nitrogens with zero attached hydrogens (tertiary/aromatic N) is 5. The standard InChI is InChI=1S/C21H23F3N8O2/c1-11(33)31-8-13(23)17(10-31)27-21-28-20(34-2)19-18(14(24)9-32(19)30-21)12-3-4-15(29-25)16(7-12)26-6-5-22/h3-4,7,9,13,17,25-26H,5-6,8,10H2,1-2H3,(H,27,30)/t13-,17+/m0/s1. The van der Waals surface area contributed by atoms with Crippen molar-refractivity contribution >= 4 is 28.7 Å². The van der Waals surface area contributed by atoms with Crippen molar-refractivity contribution in [1.29, 1.82) is 5.53 Å². The molecule has 180 valence electrons. The monoisotopic (exact) mass is 476 g/mol. The molecule has 34 heavy (non-hydrogen) atoms. The van der Waals surface area contributed by atoms with E-state index in [9.17, 15) is 13.6 Å². The summed E-state index contributed by atoms with van der Waals surface area (Å²) in [7, 11) is 1.36. The second kappa shape index (κ2) is 9.53. The van der Waals surface area contributed by atoms with E-state index in [1.807, 2.05) is 0 Å². The Morgan fingerprint density at radius 1 is 1.38 bits per heavy atom. The first-order valence-electron chi connectivity index (χ1n) is 10.5. The van der Waals surface area contributed by atoms with E-state index in [4.69, 9.17) is 10.3 Å². The summed E-state index contributed by atoms with van der Waals surface area (Å²) in [6.45, 7) is 0.855. The maximum Gasteiger partial charge on any atom is 0.244 e. The minimum Gasteiger partial charge on any atom is -0.479 e. The summed E-state index contributed by atoms with van der Waals surface area (Å²) >= 11 is 0. The highest BCUT2D eigenvalue weighted by molar-refractivity contribution is 5.88. The molecule has 10 nitrogen and oxygen atoms in total. The number of hydrogen-bond donors (Lipinski definition) is 3. The number of amides is 1. The van der Waals surface area contributed by atoms with Gasteiger partial charge in [-0.15, -0.1) is 5.10 Å². The van der Waals surface area contributed by atoms with Crippen LogP contribution in [-0.2, 0) is 4.79 Å². The summed E-state index contributed by atoms with van der Waals surface area (Å²) in [5.41, 5.74) is 8.70. The van der Waals surface area contributed by atoms with Crippen molar-refractivity contribution in [3.63, 3.8) is 0 Å². The fourth-order valence-electron chi connectivity index (χ4n) is 3.94. The topological polar surface area (TPSA) is 120 Å². The summed E-state index contributed by atoms with van der Waals surface area (Å²) in [6.07, 6.45) is -0.177. The van der Waals surface area contributed by atoms with Gasteiger partial charge in [0.05, 0.1) is 37.1 Å². The van der Waals surface area contributed by atoms with Gasteiger partial charge < -0.3 is 20.3 Å². The zero-order chi connectivity index (χ0) is 24.4. The molecule has 2 aromatic heterocycles. The summed E-state index contributed by atoms with van der Waals surface area (Å²) in [5, 5.41) is 13.3. The van der Waals surface area contributed by atoms with Crippen LogP contribution in [0.1, 0.15) is 6.92 Å². The SMILES string of the molecule is COc1nc(N[C@@H]2CN(C(C)=O)C[C@@H]2F)nn2cc(F)c(-c3ccc(N=N)c(NCCF)c3)c12. The molecule has 1 saturated heterocycles. The van der Waals surface area contributed by atoms with Crippen molar-refractivity contribution in [2.24, 2.45) is 5.11 Å². The fourth-order valence-corrected chi connectivity index (χ4v) is 3.94. The van der Waals surface area contributed by atoms with Crippen LogP contribution in [0.2, 0.25) is 0 Å². The Kier molecular flexibility index (Phi) is 6.52. The summed E-state index contributed by atoms with van der Waals surface area (Å²) in [5.74, 6) is -0.801. The van der Waals surface area contributed by atoms with Crippen molar-refractivity contribution in [3.8, 4) is 17.0 Å². The third kappa shape index (κ3) is 4.32. The van der Waals surface area contributed by atoms with Crippen LogP contribution >= 0.6 is 0 Å². The average molecular weight is 476 g/mol. The van der Waals surface area contributed by atoms with E-state index in [0.29, 0.717) is 11.3 Å². The van der Waals surface area contributed by atoms with Crippen LogP contribution in [0.4, 0.5) is 30.5 Å². The van der Waals surface area contributed by atoms with Crippen LogP contribution in [0.25, 0.3) is 16.6 Å². The third-order valence-electron chi connectivity index (χ3n) is 5.57. The number of ether oxygens (including phenoxy) is 1. The van der Waals surface area contributed by atoms with Crippen LogP contribution in [0.5, 0.6) is 5.88 Å². The van der Waals surface area contributed by atoms with E-state index in [1.165, 1.54) is 29.5 Å². The Bertz CT molecular complexity index is 1230. The Balaban J connectivity index is 1.73. The van der Waals surface area contributed by atoms with Gasteiger partial charge in [-0.3, -0.25) is 4.79 Å². The smallest absolute Gasteiger partial charge is 0.244 e. The minimum absolute atomic E-state index is 0.00418. The maximum atomic E-state index is 15.1. The first-order chi connectivity index (χ1) is 16.4. The molecule has 0 radical (unpaired) electrons. The first kappa shape index (κ1) is 23.3. The molecular formula is C21H23F3N8O2. The molecule has 13 heteroatoms. The number of hydrogen-bond acceptors (Lipinski definition) is 8. The first-order valence-corrected chi connectivity index (χ1v) is 10.5. The fraction of sp³-hybridized carbons (Fsp3) is 0.381. The van der Waals surface area contributed by atoms with Crippen molar-refractivity contribution < 1.29 is 22.7 Å². The number of aromatic nitrogens is 3. The molecule has 1 aliphatic heterocycles. The zero-order valence-electron chi connectivity index (χ0n) is 18.5. The Labute approximate surface area is 192 Å². The molecule has 1 aliphatic rings. The van der Waals surface area contributed by atoms with E-state index in [2.05, 4.69) is 25.8 Å². The van der Waals surface area contributed by atoms with Gasteiger partial charge in [0.2, 0.25) is 17.7 Å². The maximum absolute atomic E-state index is 15.1. The van der Waals surface area contributed by atoms with Gasteiger partial charge in [0.25, 0.3) is 0 Å². The van der Waals surface area contributed by atoms with Crippen LogP contribution in [0.3, 0.4) is 0 Å². The lowest BCUT2D eigenvalue weighted by atomic mass is 10.1. The predicted octanol–water partition coefficient (Wildman–Crippen LogP) is 3.57. The Hall–Kier alpha value is -3.90. The number of anilines is 2. The lowest BCUT2D eigenvalue weighted by Crippen LogP contribution is -2.32. The van der Waals surface area contributed by atoms with Crippen molar-refractivity contribution in [2.45, 2.75) is 19.1 Å². The van der Waals surface area contributed by atoms with Crippen LogP contribution in [0.15, 0.2) is 29.5 Å². The van der Waals surface area contributed by atoms with Gasteiger partial charge in [-0.2, -0.15) is 10.1 Å². The number of alkyl halides is 2. The highest BCUT2D eigenvalue weighted by atomic mass is 19.1. The number of benzene rings is 1. The molecule has 0 unspecified atom stereocenters. The molecule has 0 aliphatic carbocycles. The molecule has 1 aromatic carbocycles. The molecule has 0 bridgehead atoms. The summed E-state index contributed by atoms with van der Waals surface area (Å²) < 4.78 is 48.8. The normalized spacial score (nSPS) is 17.7. The molecule has 1 fully saturated rings. The number of likely N-dealkylation sites (tertiary alicyclic amines) is 1. The molecule has 3 heterocycles. The second-order valence-corrected chi connectivity index (χ2v) is 7.74. The lowest BCUT2D eigenvalue weighted by molar-refractivity contribution is -0.128. The van der Waals surface area contributed by atoms with E-state index >= 15 is 4.39 Å². The van der Waals surface area contributed by atoms with Gasteiger partial charge in [0.1, 0.15) is 24.1 Å². The summed E-state index contributed by atoms with van der Waals surface area (Å²) in [4.78, 5) is 17.2. The van der Waals surface area contributed by atoms with E-state index in [0.717, 1.165) is 6.20 Å². The number of carbonyl (C=O) groups is 1. The lowest BCUT2D eigenvalue weighted by Gasteiger charge is -2.16. The van der Waals surface area contributed by atoms with Gasteiger partial charge >= 0.3 is 0 Å². The molecule has 2 atom stereocenters. The predicted molar refractivity (Wildman–Crippen MR) is 119 cm³/mol. The molecule has 4 rings (SSSR count). The Morgan fingerprint density at radius 2 is 2.18 bits per heavy atom. The quantitative estimate of drug-likeness (QED) is 0.428. The molecule has 3 N–H and O–H groups in total. The van der Waals surface area contributed by atoms with Gasteiger partial charge in [-0.1, -0.05) is 6.07 Å². The molecule has 0 saturated carbocycles. The van der Waals surface area contributed by atoms with Crippen molar-refractivity contribution in [3.05, 3.63) is 30.2 Å². The van der Waals surface area contributed by atoms with E-state index in [1.54, 1.807) is 12.1 Å². The van der Waals surface area contributed by atoms with Crippen molar-refractivity contribution in [2.75, 3.05) is 44.1 Å². The number of rotatable bonds is 8. The van der Waals surface area contributed by atoms with Gasteiger partial charge in [0, 0.05) is 20.0 Å². The van der Waals surface area contributed by atoms with Crippen LogP contribution < -0.4 is 15.4 Å². The molecule has 0 spiro atoms. The minimum atomic E-state index is -1.32. The summed E-state index contributed by atoms with van der Waals surface area (Å²) in [6, 6.07) is 3.91. The third-order valence-corrected chi connectivity index (χ3v) is 5.57. The number of nitrogens with one attached hydrogen (secondary N) is 3. The van der Waals surface area contributed by atoms with Crippen LogP contribution in [0, 0.1) is 11.3 Å². The number of halogens is 3. The zero-order valence-corrected chi connectivity index (χ0v) is 18.5. The van der Waals surface area contributed by atoms with Crippen molar-refractivity contribution in [1.82, 2.24) is 19.5 Å². The largest absolute Gasteiger partial charge is 0.479 e. The van der Waals surface area contributed by atoms with E-state index < -0.39 is 24.7 Å². The number of carbonyl (C=O) groups excluding carboxylic acids is 1.